The standard InChI is InChI=1S/C9H7ClN4O2/c10-8-1-6(7(11)3-12-8)9(15)14-5-2-13-16-4-5/h1-4H,11H2,(H,14,15). The van der Waals surface area contributed by atoms with Gasteiger partial charge in [-0.15, -0.1) is 0 Å². The summed E-state index contributed by atoms with van der Waals surface area (Å²) in [4.78, 5) is 15.5. The molecule has 0 aliphatic carbocycles. The van der Waals surface area contributed by atoms with Crippen LogP contribution in [-0.2, 0) is 0 Å². The molecule has 6 nitrogen and oxygen atoms in total. The Balaban J connectivity index is 2.24. The minimum absolute atomic E-state index is 0.199. The Morgan fingerprint density at radius 3 is 3.00 bits per heavy atom. The lowest BCUT2D eigenvalue weighted by molar-refractivity contribution is 0.102. The van der Waals surface area contributed by atoms with Gasteiger partial charge in [-0.3, -0.25) is 4.79 Å². The van der Waals surface area contributed by atoms with Crippen molar-refractivity contribution < 1.29 is 9.32 Å². The van der Waals surface area contributed by atoms with Gasteiger partial charge in [-0.1, -0.05) is 16.8 Å². The van der Waals surface area contributed by atoms with Crippen LogP contribution in [0.15, 0.2) is 29.2 Å². The van der Waals surface area contributed by atoms with Crippen LogP contribution in [-0.4, -0.2) is 16.0 Å². The number of amides is 1. The number of hydrogen-bond acceptors (Lipinski definition) is 5. The molecule has 0 aliphatic rings. The van der Waals surface area contributed by atoms with Crippen molar-refractivity contribution >= 4 is 28.9 Å². The molecule has 82 valence electrons. The highest BCUT2D eigenvalue weighted by atomic mass is 35.5. The number of nitrogens with one attached hydrogen (secondary N) is 1. The summed E-state index contributed by atoms with van der Waals surface area (Å²) in [6.45, 7) is 0. The van der Waals surface area contributed by atoms with Gasteiger partial charge in [-0.25, -0.2) is 4.98 Å². The van der Waals surface area contributed by atoms with E-state index in [4.69, 9.17) is 17.3 Å². The molecule has 1 amide bonds. The third-order valence-electron chi connectivity index (χ3n) is 1.84. The molecule has 16 heavy (non-hydrogen) atoms. The summed E-state index contributed by atoms with van der Waals surface area (Å²) in [6, 6.07) is 1.39. The smallest absolute Gasteiger partial charge is 0.258 e. The van der Waals surface area contributed by atoms with Gasteiger partial charge in [0.15, 0.2) is 0 Å². The van der Waals surface area contributed by atoms with Gasteiger partial charge in [-0.2, -0.15) is 0 Å². The van der Waals surface area contributed by atoms with Crippen LogP contribution >= 0.6 is 11.6 Å². The van der Waals surface area contributed by atoms with Gasteiger partial charge in [-0.05, 0) is 6.07 Å². The molecule has 2 aromatic rings. The van der Waals surface area contributed by atoms with E-state index in [0.717, 1.165) is 0 Å². The molecule has 2 heterocycles. The van der Waals surface area contributed by atoms with Crippen LogP contribution in [0.5, 0.6) is 0 Å². The molecule has 3 N–H and O–H groups in total. The Morgan fingerprint density at radius 1 is 1.50 bits per heavy atom. The number of nitrogens with two attached hydrogens (primary N) is 1. The van der Waals surface area contributed by atoms with Crippen LogP contribution in [0.25, 0.3) is 0 Å². The van der Waals surface area contributed by atoms with Gasteiger partial charge in [0.1, 0.15) is 17.1 Å². The summed E-state index contributed by atoms with van der Waals surface area (Å²) >= 11 is 5.67. The maximum Gasteiger partial charge on any atom is 0.258 e. The molecule has 0 atom stereocenters. The molecule has 0 unspecified atom stereocenters. The number of anilines is 2. The second-order valence-corrected chi connectivity index (χ2v) is 3.35. The fourth-order valence-electron chi connectivity index (χ4n) is 1.10. The Hall–Kier alpha value is -2.08. The number of halogens is 1. The van der Waals surface area contributed by atoms with E-state index in [1.54, 1.807) is 0 Å². The predicted octanol–water partition coefficient (Wildman–Crippen LogP) is 1.56. The lowest BCUT2D eigenvalue weighted by Gasteiger charge is -2.04. The number of carbonyl (C=O) groups excluding carboxylic acids is 1. The van der Waals surface area contributed by atoms with Crippen LogP contribution in [0.2, 0.25) is 5.15 Å². The Morgan fingerprint density at radius 2 is 2.31 bits per heavy atom. The first-order valence-electron chi connectivity index (χ1n) is 4.28. The maximum atomic E-state index is 11.7. The van der Waals surface area contributed by atoms with Crippen molar-refractivity contribution in [2.24, 2.45) is 0 Å². The quantitative estimate of drug-likeness (QED) is 0.775. The second kappa shape index (κ2) is 4.19. The molecule has 0 aliphatic heterocycles. The van der Waals surface area contributed by atoms with E-state index in [0.29, 0.717) is 5.69 Å². The van der Waals surface area contributed by atoms with Crippen molar-refractivity contribution in [2.45, 2.75) is 0 Å². The summed E-state index contributed by atoms with van der Waals surface area (Å²) < 4.78 is 4.57. The molecular formula is C9H7ClN4O2. The van der Waals surface area contributed by atoms with Crippen molar-refractivity contribution in [1.82, 2.24) is 10.1 Å². The molecule has 0 saturated carbocycles. The molecule has 2 aromatic heterocycles. The molecule has 0 saturated heterocycles. The molecule has 0 spiro atoms. The largest absolute Gasteiger partial charge is 0.397 e. The molecule has 2 rings (SSSR count). The van der Waals surface area contributed by atoms with Gasteiger partial charge in [0.25, 0.3) is 5.91 Å². The van der Waals surface area contributed by atoms with Gasteiger partial charge in [0.05, 0.1) is 23.6 Å². The molecule has 0 radical (unpaired) electrons. The Labute approximate surface area is 95.4 Å². The van der Waals surface area contributed by atoms with Crippen molar-refractivity contribution in [1.29, 1.82) is 0 Å². The molecule has 0 bridgehead atoms. The first kappa shape index (κ1) is 10.4. The average molecular weight is 239 g/mol. The van der Waals surface area contributed by atoms with Crippen molar-refractivity contribution in [3.63, 3.8) is 0 Å². The topological polar surface area (TPSA) is 94.0 Å². The second-order valence-electron chi connectivity index (χ2n) is 2.96. The zero-order chi connectivity index (χ0) is 11.5. The normalized spacial score (nSPS) is 10.1. The van der Waals surface area contributed by atoms with Crippen LogP contribution in [0.4, 0.5) is 11.4 Å². The lowest BCUT2D eigenvalue weighted by atomic mass is 10.2. The van der Waals surface area contributed by atoms with E-state index in [-0.39, 0.29) is 16.4 Å². The highest BCUT2D eigenvalue weighted by molar-refractivity contribution is 6.30. The van der Waals surface area contributed by atoms with Gasteiger partial charge >= 0.3 is 0 Å². The van der Waals surface area contributed by atoms with Gasteiger partial charge in [0.2, 0.25) is 0 Å². The van der Waals surface area contributed by atoms with Crippen LogP contribution in [0, 0.1) is 0 Å². The van der Waals surface area contributed by atoms with Crippen LogP contribution < -0.4 is 11.1 Å². The van der Waals surface area contributed by atoms with E-state index >= 15 is 0 Å². The average Bonchev–Trinajstić information content (AvgIpc) is 2.74. The van der Waals surface area contributed by atoms with Gasteiger partial charge < -0.3 is 15.6 Å². The number of rotatable bonds is 2. The van der Waals surface area contributed by atoms with Crippen molar-refractivity contribution in [2.75, 3.05) is 11.1 Å². The summed E-state index contributed by atoms with van der Waals surface area (Å²) in [7, 11) is 0. The highest BCUT2D eigenvalue weighted by Gasteiger charge is 2.11. The number of nitrogen functional groups attached to an aromatic ring is 1. The van der Waals surface area contributed by atoms with Gasteiger partial charge in [0, 0.05) is 0 Å². The van der Waals surface area contributed by atoms with E-state index in [1.165, 1.54) is 24.7 Å². The summed E-state index contributed by atoms with van der Waals surface area (Å²) in [5.74, 6) is -0.398. The predicted molar refractivity (Wildman–Crippen MR) is 58.1 cm³/mol. The third-order valence-corrected chi connectivity index (χ3v) is 2.04. The fourth-order valence-corrected chi connectivity index (χ4v) is 1.26. The van der Waals surface area contributed by atoms with E-state index in [2.05, 4.69) is 20.0 Å². The molecule has 7 heteroatoms. The minimum atomic E-state index is -0.398. The van der Waals surface area contributed by atoms with Crippen LogP contribution in [0.3, 0.4) is 0 Å². The zero-order valence-electron chi connectivity index (χ0n) is 7.98. The summed E-state index contributed by atoms with van der Waals surface area (Å²) in [6.07, 6.45) is 4.00. The maximum absolute atomic E-state index is 11.7. The fraction of sp³-hybridized carbons (Fsp3) is 0. The molecular weight excluding hydrogens is 232 g/mol. The minimum Gasteiger partial charge on any atom is -0.397 e. The van der Waals surface area contributed by atoms with E-state index < -0.39 is 5.91 Å². The summed E-state index contributed by atoms with van der Waals surface area (Å²) in [5.41, 5.74) is 6.54. The number of hydrogen-bond donors (Lipinski definition) is 2. The van der Waals surface area contributed by atoms with E-state index in [1.807, 2.05) is 0 Å². The Bertz CT molecular complexity index is 512. The number of nitrogens with zero attached hydrogens (tertiary/aromatic N) is 2. The first-order chi connectivity index (χ1) is 7.66. The number of aromatic nitrogens is 2. The number of carbonyl (C=O) groups is 1. The highest BCUT2D eigenvalue weighted by Crippen LogP contribution is 2.16. The first-order valence-corrected chi connectivity index (χ1v) is 4.66. The summed E-state index contributed by atoms with van der Waals surface area (Å²) in [5, 5.41) is 6.19. The lowest BCUT2D eigenvalue weighted by Crippen LogP contribution is -2.13. The Kier molecular flexibility index (Phi) is 2.74. The number of pyridine rings is 1. The van der Waals surface area contributed by atoms with E-state index in [9.17, 15) is 4.79 Å². The third kappa shape index (κ3) is 2.12. The van der Waals surface area contributed by atoms with Crippen molar-refractivity contribution in [3.05, 3.63) is 35.4 Å². The monoisotopic (exact) mass is 238 g/mol. The van der Waals surface area contributed by atoms with Crippen molar-refractivity contribution in [3.8, 4) is 0 Å². The molecule has 0 fully saturated rings. The van der Waals surface area contributed by atoms with Crippen LogP contribution in [0.1, 0.15) is 10.4 Å². The SMILES string of the molecule is Nc1cnc(Cl)cc1C(=O)Nc1cnoc1. The zero-order valence-corrected chi connectivity index (χ0v) is 8.73. The molecule has 0 aromatic carbocycles.